The maximum absolute atomic E-state index is 12.9. The molecule has 2 aromatic heterocycles. The van der Waals surface area contributed by atoms with Crippen molar-refractivity contribution < 1.29 is 0 Å². The lowest BCUT2D eigenvalue weighted by atomic mass is 10.1. The molecule has 0 aliphatic heterocycles. The number of nitriles is 1. The molecule has 0 saturated carbocycles. The fourth-order valence-corrected chi connectivity index (χ4v) is 3.78. The third-order valence-electron chi connectivity index (χ3n) is 3.93. The van der Waals surface area contributed by atoms with Crippen molar-refractivity contribution in [2.24, 2.45) is 0 Å². The van der Waals surface area contributed by atoms with Crippen LogP contribution in [0.15, 0.2) is 41.2 Å². The highest BCUT2D eigenvalue weighted by molar-refractivity contribution is 7.21. The number of thiophene rings is 1. The summed E-state index contributed by atoms with van der Waals surface area (Å²) in [5.74, 6) is 0.957. The van der Waals surface area contributed by atoms with E-state index in [0.29, 0.717) is 24.8 Å². The van der Waals surface area contributed by atoms with E-state index in [1.807, 2.05) is 50.2 Å². The van der Waals surface area contributed by atoms with Crippen LogP contribution in [0, 0.1) is 11.3 Å². The van der Waals surface area contributed by atoms with E-state index >= 15 is 0 Å². The van der Waals surface area contributed by atoms with Gasteiger partial charge in [0.15, 0.2) is 0 Å². The number of nitrogens with zero attached hydrogens (tertiary/aromatic N) is 3. The van der Waals surface area contributed by atoms with Crippen LogP contribution < -0.4 is 5.56 Å². The van der Waals surface area contributed by atoms with Crippen molar-refractivity contribution in [1.82, 2.24) is 9.55 Å². The first-order chi connectivity index (χ1) is 11.6. The van der Waals surface area contributed by atoms with Crippen molar-refractivity contribution in [3.05, 3.63) is 52.6 Å². The van der Waals surface area contributed by atoms with Crippen LogP contribution in [-0.4, -0.2) is 9.55 Å². The van der Waals surface area contributed by atoms with Crippen molar-refractivity contribution in [3.63, 3.8) is 0 Å². The van der Waals surface area contributed by atoms with Gasteiger partial charge in [-0.1, -0.05) is 44.2 Å². The van der Waals surface area contributed by atoms with E-state index in [9.17, 15) is 4.79 Å². The highest BCUT2D eigenvalue weighted by atomic mass is 32.1. The first-order valence-electron chi connectivity index (χ1n) is 8.08. The summed E-state index contributed by atoms with van der Waals surface area (Å²) in [5.41, 5.74) is 1.10. The van der Waals surface area contributed by atoms with Gasteiger partial charge >= 0.3 is 0 Å². The number of hydrogen-bond acceptors (Lipinski definition) is 4. The van der Waals surface area contributed by atoms with E-state index in [1.54, 1.807) is 15.9 Å². The Morgan fingerprint density at radius 2 is 2.04 bits per heavy atom. The largest absolute Gasteiger partial charge is 0.296 e. The lowest BCUT2D eigenvalue weighted by Crippen LogP contribution is -2.25. The molecule has 0 unspecified atom stereocenters. The van der Waals surface area contributed by atoms with Crippen LogP contribution in [0.3, 0.4) is 0 Å². The van der Waals surface area contributed by atoms with Crippen LogP contribution in [0.1, 0.15) is 38.4 Å². The Morgan fingerprint density at radius 1 is 1.29 bits per heavy atom. The van der Waals surface area contributed by atoms with Gasteiger partial charge in [-0.2, -0.15) is 5.26 Å². The minimum Gasteiger partial charge on any atom is -0.296 e. The predicted octanol–water partition coefficient (Wildman–Crippen LogP) is 4.55. The zero-order valence-corrected chi connectivity index (χ0v) is 14.6. The van der Waals surface area contributed by atoms with Crippen LogP contribution in [0.5, 0.6) is 0 Å². The van der Waals surface area contributed by atoms with Crippen LogP contribution in [0.2, 0.25) is 0 Å². The molecule has 3 aromatic rings. The fraction of sp³-hybridized carbons (Fsp3) is 0.316. The van der Waals surface area contributed by atoms with Gasteiger partial charge in [-0.15, -0.1) is 11.3 Å². The summed E-state index contributed by atoms with van der Waals surface area (Å²) in [6.07, 6.45) is 1.11. The van der Waals surface area contributed by atoms with Crippen molar-refractivity contribution in [1.29, 1.82) is 5.26 Å². The molecule has 4 nitrogen and oxygen atoms in total. The van der Waals surface area contributed by atoms with Crippen molar-refractivity contribution in [2.75, 3.05) is 0 Å². The standard InChI is InChI=1S/C19H19N3OS/c1-13(2)17-21-18-15(19(23)22(17)11-7-6-10-20)12-16(24-18)14-8-4-3-5-9-14/h3-5,8-9,12-13H,6-7,11H2,1-2H3. The van der Waals surface area contributed by atoms with Gasteiger partial charge in [-0.05, 0) is 18.1 Å². The first kappa shape index (κ1) is 16.4. The summed E-state index contributed by atoms with van der Waals surface area (Å²) in [4.78, 5) is 19.5. The van der Waals surface area contributed by atoms with E-state index in [4.69, 9.17) is 10.2 Å². The number of aromatic nitrogens is 2. The predicted molar refractivity (Wildman–Crippen MR) is 98.3 cm³/mol. The zero-order valence-electron chi connectivity index (χ0n) is 13.8. The SMILES string of the molecule is CC(C)c1nc2sc(-c3ccccc3)cc2c(=O)n1CCCC#N. The highest BCUT2D eigenvalue weighted by Gasteiger charge is 2.16. The van der Waals surface area contributed by atoms with Crippen LogP contribution >= 0.6 is 11.3 Å². The van der Waals surface area contributed by atoms with Gasteiger partial charge < -0.3 is 0 Å². The molecule has 5 heteroatoms. The lowest BCUT2D eigenvalue weighted by molar-refractivity contribution is 0.568. The minimum atomic E-state index is 0.0000657. The average molecular weight is 337 g/mol. The van der Waals surface area contributed by atoms with Gasteiger partial charge in [-0.3, -0.25) is 9.36 Å². The van der Waals surface area contributed by atoms with E-state index in [-0.39, 0.29) is 11.5 Å². The Morgan fingerprint density at radius 3 is 2.71 bits per heavy atom. The third-order valence-corrected chi connectivity index (χ3v) is 5.00. The molecule has 0 saturated heterocycles. The van der Waals surface area contributed by atoms with E-state index < -0.39 is 0 Å². The number of fused-ring (bicyclic) bond motifs is 1. The van der Waals surface area contributed by atoms with Crippen LogP contribution in [-0.2, 0) is 6.54 Å². The molecule has 0 fully saturated rings. The number of rotatable bonds is 5. The molecule has 0 atom stereocenters. The van der Waals surface area contributed by atoms with E-state index in [2.05, 4.69) is 6.07 Å². The second-order valence-corrected chi connectivity index (χ2v) is 7.07. The highest BCUT2D eigenvalue weighted by Crippen LogP contribution is 2.31. The van der Waals surface area contributed by atoms with Gasteiger partial charge in [0.2, 0.25) is 0 Å². The summed E-state index contributed by atoms with van der Waals surface area (Å²) in [5, 5.41) is 9.41. The number of benzene rings is 1. The molecule has 2 heterocycles. The first-order valence-corrected chi connectivity index (χ1v) is 8.90. The monoisotopic (exact) mass is 337 g/mol. The van der Waals surface area contributed by atoms with Gasteiger partial charge in [0.25, 0.3) is 5.56 Å². The second-order valence-electron chi connectivity index (χ2n) is 6.04. The molecule has 0 aliphatic carbocycles. The summed E-state index contributed by atoms with van der Waals surface area (Å²) >= 11 is 1.56. The number of hydrogen-bond donors (Lipinski definition) is 0. The van der Waals surface area contributed by atoms with Gasteiger partial charge in [-0.25, -0.2) is 4.98 Å². The average Bonchev–Trinajstić information content (AvgIpc) is 3.02. The quantitative estimate of drug-likeness (QED) is 0.642. The molecule has 0 radical (unpaired) electrons. The Bertz CT molecular complexity index is 948. The van der Waals surface area contributed by atoms with Crippen LogP contribution in [0.25, 0.3) is 20.7 Å². The van der Waals surface area contributed by atoms with Gasteiger partial charge in [0.1, 0.15) is 10.7 Å². The minimum absolute atomic E-state index is 0.0000657. The topological polar surface area (TPSA) is 58.7 Å². The fourth-order valence-electron chi connectivity index (χ4n) is 2.75. The smallest absolute Gasteiger partial charge is 0.262 e. The zero-order chi connectivity index (χ0) is 17.1. The van der Waals surface area contributed by atoms with Crippen molar-refractivity contribution in [2.45, 2.75) is 39.2 Å². The number of unbranched alkanes of at least 4 members (excludes halogenated alkanes) is 1. The summed E-state index contributed by atoms with van der Waals surface area (Å²) in [6, 6.07) is 14.1. The maximum atomic E-state index is 12.9. The molecular formula is C19H19N3OS. The molecule has 0 spiro atoms. The summed E-state index contributed by atoms with van der Waals surface area (Å²) < 4.78 is 1.74. The molecule has 0 N–H and O–H groups in total. The molecule has 0 aliphatic rings. The lowest BCUT2D eigenvalue weighted by Gasteiger charge is -2.14. The molecule has 3 rings (SSSR count). The van der Waals surface area contributed by atoms with E-state index in [1.165, 1.54) is 0 Å². The van der Waals surface area contributed by atoms with Gasteiger partial charge in [0, 0.05) is 23.8 Å². The Labute approximate surface area is 145 Å². The van der Waals surface area contributed by atoms with Crippen molar-refractivity contribution >= 4 is 21.6 Å². The molecule has 0 bridgehead atoms. The molecule has 0 amide bonds. The molecular weight excluding hydrogens is 318 g/mol. The second kappa shape index (κ2) is 6.98. The molecule has 1 aromatic carbocycles. The normalized spacial score (nSPS) is 11.1. The van der Waals surface area contributed by atoms with Crippen LogP contribution in [0.4, 0.5) is 0 Å². The summed E-state index contributed by atoms with van der Waals surface area (Å²) in [7, 11) is 0. The Kier molecular flexibility index (Phi) is 4.77. The Balaban J connectivity index is 2.14. The molecule has 24 heavy (non-hydrogen) atoms. The molecule has 122 valence electrons. The third kappa shape index (κ3) is 3.10. The van der Waals surface area contributed by atoms with E-state index in [0.717, 1.165) is 21.1 Å². The summed E-state index contributed by atoms with van der Waals surface area (Å²) in [6.45, 7) is 4.62. The Hall–Kier alpha value is -2.45. The maximum Gasteiger partial charge on any atom is 0.262 e. The van der Waals surface area contributed by atoms with Gasteiger partial charge in [0.05, 0.1) is 11.5 Å². The van der Waals surface area contributed by atoms with Crippen molar-refractivity contribution in [3.8, 4) is 16.5 Å².